The van der Waals surface area contributed by atoms with E-state index in [9.17, 15) is 4.79 Å². The van der Waals surface area contributed by atoms with Gasteiger partial charge in [-0.2, -0.15) is 0 Å². The van der Waals surface area contributed by atoms with Crippen molar-refractivity contribution in [2.75, 3.05) is 20.8 Å². The normalized spacial score (nSPS) is 11.0. The fourth-order valence-corrected chi connectivity index (χ4v) is 2.08. The summed E-state index contributed by atoms with van der Waals surface area (Å²) in [6.45, 7) is 6.16. The third-order valence-electron chi connectivity index (χ3n) is 3.19. The van der Waals surface area contributed by atoms with E-state index in [1.807, 2.05) is 32.9 Å². The van der Waals surface area contributed by atoms with Crippen LogP contribution in [-0.2, 0) is 5.41 Å². The molecule has 2 N–H and O–H groups in total. The zero-order valence-electron chi connectivity index (χ0n) is 12.0. The van der Waals surface area contributed by atoms with Crippen LogP contribution in [0.25, 0.3) is 0 Å². The van der Waals surface area contributed by atoms with E-state index in [4.69, 9.17) is 14.6 Å². The second kappa shape index (κ2) is 5.82. The van der Waals surface area contributed by atoms with Gasteiger partial charge in [0.05, 0.1) is 14.2 Å². The van der Waals surface area contributed by atoms with Gasteiger partial charge in [-0.1, -0.05) is 19.9 Å². The fourth-order valence-electron chi connectivity index (χ4n) is 2.08. The number of benzene rings is 1. The molecule has 5 nitrogen and oxygen atoms in total. The molecule has 0 bridgehead atoms. The summed E-state index contributed by atoms with van der Waals surface area (Å²) in [5, 5.41) is 11.1. The summed E-state index contributed by atoms with van der Waals surface area (Å²) >= 11 is 0. The lowest BCUT2D eigenvalue weighted by Gasteiger charge is -2.28. The Hall–Kier alpha value is -1.91. The number of carbonyl (C=O) groups is 1. The number of methoxy groups -OCH3 is 2. The van der Waals surface area contributed by atoms with Crippen molar-refractivity contribution in [2.45, 2.75) is 26.2 Å². The predicted molar refractivity (Wildman–Crippen MR) is 73.3 cm³/mol. The van der Waals surface area contributed by atoms with Crippen molar-refractivity contribution < 1.29 is 19.4 Å². The zero-order valence-corrected chi connectivity index (χ0v) is 12.0. The number of hydrogen-bond donors (Lipinski definition) is 2. The van der Waals surface area contributed by atoms with E-state index in [1.54, 1.807) is 14.2 Å². The molecule has 0 aliphatic carbocycles. The van der Waals surface area contributed by atoms with Gasteiger partial charge < -0.3 is 19.9 Å². The van der Waals surface area contributed by atoms with Crippen LogP contribution >= 0.6 is 0 Å². The van der Waals surface area contributed by atoms with Crippen LogP contribution in [0.4, 0.5) is 4.79 Å². The Bertz CT molecular complexity index is 469. The Morgan fingerprint density at radius 1 is 1.32 bits per heavy atom. The highest BCUT2D eigenvalue weighted by atomic mass is 16.5. The summed E-state index contributed by atoms with van der Waals surface area (Å²) in [7, 11) is 3.21. The van der Waals surface area contributed by atoms with Crippen LogP contribution in [0.2, 0.25) is 0 Å². The monoisotopic (exact) mass is 267 g/mol. The third-order valence-corrected chi connectivity index (χ3v) is 3.19. The fraction of sp³-hybridized carbons (Fsp3) is 0.500. The van der Waals surface area contributed by atoms with Gasteiger partial charge in [-0.05, 0) is 13.0 Å². The van der Waals surface area contributed by atoms with Gasteiger partial charge in [0.25, 0.3) is 0 Å². The lowest BCUT2D eigenvalue weighted by molar-refractivity contribution is 0.191. The maximum absolute atomic E-state index is 10.6. The molecule has 19 heavy (non-hydrogen) atoms. The minimum Gasteiger partial charge on any atom is -0.496 e. The van der Waals surface area contributed by atoms with Crippen molar-refractivity contribution >= 4 is 6.09 Å². The minimum atomic E-state index is -1.03. The van der Waals surface area contributed by atoms with Crippen LogP contribution in [-0.4, -0.2) is 32.0 Å². The molecule has 0 radical (unpaired) electrons. The SMILES string of the molecule is COc1ccc(C(C)(C)CNC(=O)O)c(OC)c1C. The summed E-state index contributed by atoms with van der Waals surface area (Å²) < 4.78 is 10.7. The van der Waals surface area contributed by atoms with Crippen molar-refractivity contribution in [2.24, 2.45) is 0 Å². The van der Waals surface area contributed by atoms with E-state index < -0.39 is 6.09 Å². The Morgan fingerprint density at radius 2 is 1.95 bits per heavy atom. The molecule has 0 saturated carbocycles. The average Bonchev–Trinajstić information content (AvgIpc) is 2.36. The summed E-state index contributed by atoms with van der Waals surface area (Å²) in [4.78, 5) is 10.6. The largest absolute Gasteiger partial charge is 0.496 e. The van der Waals surface area contributed by atoms with Crippen molar-refractivity contribution in [3.8, 4) is 11.5 Å². The van der Waals surface area contributed by atoms with Crippen LogP contribution in [0.15, 0.2) is 12.1 Å². The topological polar surface area (TPSA) is 67.8 Å². The second-order valence-corrected chi connectivity index (χ2v) is 5.02. The molecule has 0 aliphatic rings. The first-order valence-corrected chi connectivity index (χ1v) is 6.02. The minimum absolute atomic E-state index is 0.310. The van der Waals surface area contributed by atoms with E-state index in [2.05, 4.69) is 5.32 Å². The first kappa shape index (κ1) is 15.1. The number of rotatable bonds is 5. The third kappa shape index (κ3) is 3.30. The van der Waals surface area contributed by atoms with Crippen LogP contribution in [0.1, 0.15) is 25.0 Å². The zero-order chi connectivity index (χ0) is 14.6. The van der Waals surface area contributed by atoms with Gasteiger partial charge in [0.2, 0.25) is 0 Å². The summed E-state index contributed by atoms with van der Waals surface area (Å²) in [6.07, 6.45) is -1.03. The van der Waals surface area contributed by atoms with Crippen molar-refractivity contribution in [3.05, 3.63) is 23.3 Å². The molecule has 0 saturated heterocycles. The lowest BCUT2D eigenvalue weighted by atomic mass is 9.83. The quantitative estimate of drug-likeness (QED) is 0.860. The number of hydrogen-bond acceptors (Lipinski definition) is 3. The number of amides is 1. The molecule has 5 heteroatoms. The van der Waals surface area contributed by atoms with Gasteiger partial charge in [0, 0.05) is 23.1 Å². The smallest absolute Gasteiger partial charge is 0.404 e. The first-order valence-electron chi connectivity index (χ1n) is 6.02. The van der Waals surface area contributed by atoms with Crippen LogP contribution in [0.3, 0.4) is 0 Å². The van der Waals surface area contributed by atoms with E-state index in [0.29, 0.717) is 6.54 Å². The standard InChI is InChI=1S/C14H21NO4/c1-9-11(18-4)7-6-10(12(9)19-5)14(2,3)8-15-13(16)17/h6-7,15H,8H2,1-5H3,(H,16,17). The lowest BCUT2D eigenvalue weighted by Crippen LogP contribution is -2.36. The molecule has 1 amide bonds. The Balaban J connectivity index is 3.18. The van der Waals surface area contributed by atoms with Gasteiger partial charge >= 0.3 is 6.09 Å². The van der Waals surface area contributed by atoms with Crippen LogP contribution < -0.4 is 14.8 Å². The first-order chi connectivity index (χ1) is 8.83. The molecule has 0 unspecified atom stereocenters. The average molecular weight is 267 g/mol. The molecular weight excluding hydrogens is 246 g/mol. The van der Waals surface area contributed by atoms with E-state index >= 15 is 0 Å². The summed E-state index contributed by atoms with van der Waals surface area (Å²) in [5.41, 5.74) is 1.48. The second-order valence-electron chi connectivity index (χ2n) is 5.02. The van der Waals surface area contributed by atoms with Crippen molar-refractivity contribution in [1.29, 1.82) is 0 Å². The van der Waals surface area contributed by atoms with Crippen molar-refractivity contribution in [3.63, 3.8) is 0 Å². The number of carboxylic acid groups (broad SMARTS) is 1. The van der Waals surface area contributed by atoms with Crippen molar-refractivity contribution in [1.82, 2.24) is 5.32 Å². The van der Waals surface area contributed by atoms with E-state index in [1.165, 1.54) is 0 Å². The van der Waals surface area contributed by atoms with Gasteiger partial charge in [-0.25, -0.2) is 4.79 Å². The number of nitrogens with one attached hydrogen (secondary N) is 1. The molecule has 0 fully saturated rings. The van der Waals surface area contributed by atoms with Gasteiger partial charge in [0.1, 0.15) is 11.5 Å². The van der Waals surface area contributed by atoms with E-state index in [-0.39, 0.29) is 5.41 Å². The molecule has 0 spiro atoms. The summed E-state index contributed by atoms with van der Waals surface area (Å²) in [5.74, 6) is 1.49. The molecule has 1 aromatic rings. The molecule has 0 heterocycles. The summed E-state index contributed by atoms with van der Waals surface area (Å²) in [6, 6.07) is 3.78. The molecule has 0 aromatic heterocycles. The predicted octanol–water partition coefficient (Wildman–Crippen LogP) is 2.56. The van der Waals surface area contributed by atoms with Gasteiger partial charge in [-0.3, -0.25) is 0 Å². The maximum Gasteiger partial charge on any atom is 0.404 e. The van der Waals surface area contributed by atoms with Crippen LogP contribution in [0, 0.1) is 6.92 Å². The highest BCUT2D eigenvalue weighted by molar-refractivity contribution is 5.64. The van der Waals surface area contributed by atoms with Gasteiger partial charge in [0.15, 0.2) is 0 Å². The molecule has 1 rings (SSSR count). The van der Waals surface area contributed by atoms with Gasteiger partial charge in [-0.15, -0.1) is 0 Å². The number of ether oxygens (including phenoxy) is 2. The Labute approximate surface area is 113 Å². The molecule has 0 aliphatic heterocycles. The maximum atomic E-state index is 10.6. The molecule has 106 valence electrons. The van der Waals surface area contributed by atoms with E-state index in [0.717, 1.165) is 22.6 Å². The highest BCUT2D eigenvalue weighted by Gasteiger charge is 2.27. The highest BCUT2D eigenvalue weighted by Crippen LogP contribution is 2.37. The van der Waals surface area contributed by atoms with Crippen LogP contribution in [0.5, 0.6) is 11.5 Å². The molecule has 0 atom stereocenters. The Morgan fingerprint density at radius 3 is 2.42 bits per heavy atom. The molecule has 1 aromatic carbocycles. The Kier molecular flexibility index (Phi) is 4.64. The molecular formula is C14H21NO4.